The zero-order valence-electron chi connectivity index (χ0n) is 10.1. The summed E-state index contributed by atoms with van der Waals surface area (Å²) in [5.41, 5.74) is 0.291. The molecule has 0 spiro atoms. The smallest absolute Gasteiger partial charge is 0.305 e. The Hall–Kier alpha value is -1.63. The van der Waals surface area contributed by atoms with Crippen LogP contribution in [0.2, 0.25) is 0 Å². The number of aromatic nitrogens is 2. The number of nitrogens with zero attached hydrogens (tertiary/aromatic N) is 1. The van der Waals surface area contributed by atoms with Crippen molar-refractivity contribution in [2.24, 2.45) is 0 Å². The van der Waals surface area contributed by atoms with Crippen LogP contribution in [0.25, 0.3) is 11.0 Å². The Morgan fingerprint density at radius 1 is 1.26 bits per heavy atom. The van der Waals surface area contributed by atoms with Crippen molar-refractivity contribution < 1.29 is 12.8 Å². The molecule has 3 rings (SSSR count). The van der Waals surface area contributed by atoms with E-state index in [0.29, 0.717) is 18.4 Å². The summed E-state index contributed by atoms with van der Waals surface area (Å²) in [5, 5.41) is 0. The normalized spacial score (nSPS) is 19.8. The Kier molecular flexibility index (Phi) is 2.74. The summed E-state index contributed by atoms with van der Waals surface area (Å²) in [7, 11) is -3.00. The number of nitrogens with one attached hydrogen (secondary N) is 1. The molecule has 1 saturated heterocycles. The van der Waals surface area contributed by atoms with Crippen molar-refractivity contribution in [2.45, 2.75) is 18.9 Å². The van der Waals surface area contributed by atoms with Gasteiger partial charge in [0.05, 0.1) is 17.0 Å². The van der Waals surface area contributed by atoms with Gasteiger partial charge in [0.1, 0.15) is 21.2 Å². The summed E-state index contributed by atoms with van der Waals surface area (Å²) in [6.45, 7) is 0. The molecule has 1 aliphatic heterocycles. The SMILES string of the molecule is O=c1[nH]c2cccc(F)c2n1C1CCS(=O)(=O)CC1. The van der Waals surface area contributed by atoms with Crippen LogP contribution in [0.5, 0.6) is 0 Å². The Morgan fingerprint density at radius 2 is 1.95 bits per heavy atom. The van der Waals surface area contributed by atoms with Crippen molar-refractivity contribution in [3.05, 3.63) is 34.5 Å². The lowest BCUT2D eigenvalue weighted by molar-refractivity contribution is 0.445. The highest BCUT2D eigenvalue weighted by atomic mass is 32.2. The minimum absolute atomic E-state index is 0.0469. The predicted molar refractivity (Wildman–Crippen MR) is 69.4 cm³/mol. The summed E-state index contributed by atoms with van der Waals surface area (Å²) in [6, 6.07) is 4.20. The second kappa shape index (κ2) is 4.19. The molecule has 7 heteroatoms. The number of sulfone groups is 1. The summed E-state index contributed by atoms with van der Waals surface area (Å²) in [4.78, 5) is 14.5. The molecule has 1 N–H and O–H groups in total. The van der Waals surface area contributed by atoms with Crippen LogP contribution in [-0.2, 0) is 9.84 Å². The van der Waals surface area contributed by atoms with Gasteiger partial charge in [-0.25, -0.2) is 17.6 Å². The molecule has 0 aliphatic carbocycles. The maximum absolute atomic E-state index is 13.9. The summed E-state index contributed by atoms with van der Waals surface area (Å²) < 4.78 is 38.1. The molecule has 0 atom stereocenters. The van der Waals surface area contributed by atoms with Crippen molar-refractivity contribution in [3.63, 3.8) is 0 Å². The fraction of sp³-hybridized carbons (Fsp3) is 0.417. The van der Waals surface area contributed by atoms with E-state index in [1.54, 1.807) is 6.07 Å². The quantitative estimate of drug-likeness (QED) is 0.855. The molecular weight excluding hydrogens is 271 g/mol. The number of hydrogen-bond acceptors (Lipinski definition) is 3. The molecule has 1 aliphatic rings. The average molecular weight is 284 g/mol. The average Bonchev–Trinajstić information content (AvgIpc) is 2.67. The zero-order chi connectivity index (χ0) is 13.6. The molecule has 0 amide bonds. The molecule has 1 aromatic carbocycles. The Labute approximate surface area is 109 Å². The summed E-state index contributed by atoms with van der Waals surface area (Å²) in [5.74, 6) is -0.375. The maximum atomic E-state index is 13.9. The molecular formula is C12H13FN2O3S. The second-order valence-electron chi connectivity index (χ2n) is 4.82. The number of benzene rings is 1. The van der Waals surface area contributed by atoms with Crippen LogP contribution in [0.3, 0.4) is 0 Å². The molecule has 0 radical (unpaired) electrons. The third kappa shape index (κ3) is 2.07. The molecule has 5 nitrogen and oxygen atoms in total. The fourth-order valence-electron chi connectivity index (χ4n) is 2.62. The van der Waals surface area contributed by atoms with E-state index in [4.69, 9.17) is 0 Å². The monoisotopic (exact) mass is 284 g/mol. The first kappa shape index (κ1) is 12.4. The Bertz CT molecular complexity index is 777. The van der Waals surface area contributed by atoms with Gasteiger partial charge in [-0.05, 0) is 25.0 Å². The van der Waals surface area contributed by atoms with Gasteiger partial charge in [0.2, 0.25) is 0 Å². The van der Waals surface area contributed by atoms with Crippen LogP contribution >= 0.6 is 0 Å². The van der Waals surface area contributed by atoms with Crippen LogP contribution in [0.4, 0.5) is 4.39 Å². The van der Waals surface area contributed by atoms with Crippen LogP contribution < -0.4 is 5.69 Å². The lowest BCUT2D eigenvalue weighted by Gasteiger charge is -2.23. The van der Waals surface area contributed by atoms with Crippen LogP contribution in [-0.4, -0.2) is 29.5 Å². The number of hydrogen-bond donors (Lipinski definition) is 1. The number of para-hydroxylation sites is 1. The molecule has 0 unspecified atom stereocenters. The van der Waals surface area contributed by atoms with E-state index >= 15 is 0 Å². The summed E-state index contributed by atoms with van der Waals surface area (Å²) in [6.07, 6.45) is 0.701. The van der Waals surface area contributed by atoms with Crippen molar-refractivity contribution in [1.82, 2.24) is 9.55 Å². The zero-order valence-corrected chi connectivity index (χ0v) is 10.9. The van der Waals surface area contributed by atoms with Gasteiger partial charge in [0.25, 0.3) is 0 Å². The Balaban J connectivity index is 2.11. The predicted octanol–water partition coefficient (Wildman–Crippen LogP) is 1.22. The first-order chi connectivity index (χ1) is 8.98. The van der Waals surface area contributed by atoms with Gasteiger partial charge in [-0.15, -0.1) is 0 Å². The number of fused-ring (bicyclic) bond motifs is 1. The van der Waals surface area contributed by atoms with Crippen LogP contribution in [0.15, 0.2) is 23.0 Å². The van der Waals surface area contributed by atoms with Gasteiger partial charge in [0, 0.05) is 6.04 Å². The highest BCUT2D eigenvalue weighted by Crippen LogP contribution is 2.26. The van der Waals surface area contributed by atoms with Gasteiger partial charge in [-0.2, -0.15) is 0 Å². The van der Waals surface area contributed by atoms with E-state index in [9.17, 15) is 17.6 Å². The Morgan fingerprint density at radius 3 is 2.63 bits per heavy atom. The van der Waals surface area contributed by atoms with Crippen molar-refractivity contribution >= 4 is 20.9 Å². The molecule has 1 fully saturated rings. The van der Waals surface area contributed by atoms with Gasteiger partial charge >= 0.3 is 5.69 Å². The minimum Gasteiger partial charge on any atom is -0.305 e. The van der Waals surface area contributed by atoms with E-state index < -0.39 is 15.7 Å². The number of halogens is 1. The molecule has 19 heavy (non-hydrogen) atoms. The number of imidazole rings is 1. The van der Waals surface area contributed by atoms with Gasteiger partial charge < -0.3 is 4.98 Å². The van der Waals surface area contributed by atoms with Crippen LogP contribution in [0.1, 0.15) is 18.9 Å². The molecule has 102 valence electrons. The molecule has 2 heterocycles. The number of H-pyrrole nitrogens is 1. The van der Waals surface area contributed by atoms with E-state index in [2.05, 4.69) is 4.98 Å². The highest BCUT2D eigenvalue weighted by molar-refractivity contribution is 7.91. The third-order valence-electron chi connectivity index (χ3n) is 3.58. The molecule has 0 bridgehead atoms. The van der Waals surface area contributed by atoms with E-state index in [1.165, 1.54) is 16.7 Å². The maximum Gasteiger partial charge on any atom is 0.326 e. The van der Waals surface area contributed by atoms with Crippen molar-refractivity contribution in [2.75, 3.05) is 11.5 Å². The third-order valence-corrected chi connectivity index (χ3v) is 5.29. The molecule has 1 aromatic heterocycles. The van der Waals surface area contributed by atoms with Gasteiger partial charge in [-0.3, -0.25) is 4.57 Å². The minimum atomic E-state index is -3.00. The number of rotatable bonds is 1. The second-order valence-corrected chi connectivity index (χ2v) is 7.12. The van der Waals surface area contributed by atoms with Gasteiger partial charge in [-0.1, -0.05) is 6.07 Å². The van der Waals surface area contributed by atoms with E-state index in [0.717, 1.165) is 0 Å². The van der Waals surface area contributed by atoms with Gasteiger partial charge in [0.15, 0.2) is 0 Å². The van der Waals surface area contributed by atoms with Crippen molar-refractivity contribution in [3.8, 4) is 0 Å². The first-order valence-corrected chi connectivity index (χ1v) is 7.89. The van der Waals surface area contributed by atoms with E-state index in [-0.39, 0.29) is 28.8 Å². The standard InChI is InChI=1S/C12H13FN2O3S/c13-9-2-1-3-10-11(9)15(12(16)14-10)8-4-6-19(17,18)7-5-8/h1-3,8H,4-7H2,(H,14,16). The number of aromatic amines is 1. The lowest BCUT2D eigenvalue weighted by Crippen LogP contribution is -2.30. The fourth-order valence-corrected chi connectivity index (χ4v) is 4.09. The largest absolute Gasteiger partial charge is 0.326 e. The van der Waals surface area contributed by atoms with Crippen molar-refractivity contribution in [1.29, 1.82) is 0 Å². The highest BCUT2D eigenvalue weighted by Gasteiger charge is 2.27. The molecule has 0 saturated carbocycles. The topological polar surface area (TPSA) is 71.9 Å². The lowest BCUT2D eigenvalue weighted by atomic mass is 10.1. The van der Waals surface area contributed by atoms with E-state index in [1.807, 2.05) is 0 Å². The first-order valence-electron chi connectivity index (χ1n) is 6.07. The summed E-state index contributed by atoms with van der Waals surface area (Å²) >= 11 is 0. The molecule has 2 aromatic rings. The van der Waals surface area contributed by atoms with Crippen LogP contribution in [0, 0.1) is 5.82 Å².